The van der Waals surface area contributed by atoms with Crippen LogP contribution < -0.4 is 21.3 Å². The van der Waals surface area contributed by atoms with Gasteiger partial charge in [0.1, 0.15) is 0 Å². The van der Waals surface area contributed by atoms with Crippen molar-refractivity contribution in [1.29, 1.82) is 0 Å². The zero-order valence-electron chi connectivity index (χ0n) is 11.6. The normalized spacial score (nSPS) is 15.4. The van der Waals surface area contributed by atoms with Crippen molar-refractivity contribution in [2.24, 2.45) is 0 Å². The number of nitrogen functional groups attached to an aromatic ring is 1. The van der Waals surface area contributed by atoms with Crippen LogP contribution in [0.4, 0.5) is 11.4 Å². The van der Waals surface area contributed by atoms with Crippen LogP contribution in [0, 0.1) is 0 Å². The van der Waals surface area contributed by atoms with Gasteiger partial charge in [-0.05, 0) is 25.1 Å². The molecule has 20 heavy (non-hydrogen) atoms. The summed E-state index contributed by atoms with van der Waals surface area (Å²) in [5, 5.41) is 5.59. The van der Waals surface area contributed by atoms with E-state index in [0.29, 0.717) is 43.9 Å². The van der Waals surface area contributed by atoms with E-state index in [1.807, 2.05) is 11.8 Å². The van der Waals surface area contributed by atoms with Crippen molar-refractivity contribution in [3.63, 3.8) is 0 Å². The van der Waals surface area contributed by atoms with Crippen molar-refractivity contribution in [1.82, 2.24) is 10.6 Å². The average molecular weight is 276 g/mol. The molecule has 2 rings (SSSR count). The lowest BCUT2D eigenvalue weighted by Gasteiger charge is -2.24. The van der Waals surface area contributed by atoms with Crippen LogP contribution in [0.3, 0.4) is 0 Å². The molecule has 0 atom stereocenters. The summed E-state index contributed by atoms with van der Waals surface area (Å²) in [5.41, 5.74) is 8.01. The number of rotatable bonds is 3. The minimum atomic E-state index is -0.113. The molecule has 0 saturated carbocycles. The highest BCUT2D eigenvalue weighted by Gasteiger charge is 2.17. The molecule has 6 heteroatoms. The third-order valence-electron chi connectivity index (χ3n) is 3.28. The maximum Gasteiger partial charge on any atom is 0.251 e. The summed E-state index contributed by atoms with van der Waals surface area (Å²) in [5.74, 6) is -0.0660. The predicted molar refractivity (Wildman–Crippen MR) is 78.7 cm³/mol. The summed E-state index contributed by atoms with van der Waals surface area (Å²) in [4.78, 5) is 25.3. The lowest BCUT2D eigenvalue weighted by atomic mass is 10.1. The Morgan fingerprint density at radius 2 is 2.25 bits per heavy atom. The molecule has 0 aliphatic carbocycles. The summed E-state index contributed by atoms with van der Waals surface area (Å²) >= 11 is 0. The first kappa shape index (κ1) is 14.2. The van der Waals surface area contributed by atoms with Crippen LogP contribution in [0.25, 0.3) is 0 Å². The Morgan fingerprint density at radius 1 is 1.45 bits per heavy atom. The first-order valence-corrected chi connectivity index (χ1v) is 6.81. The molecule has 0 spiro atoms. The van der Waals surface area contributed by atoms with E-state index in [2.05, 4.69) is 10.6 Å². The van der Waals surface area contributed by atoms with Crippen molar-refractivity contribution in [2.75, 3.05) is 36.8 Å². The molecule has 4 N–H and O–H groups in total. The maximum absolute atomic E-state index is 11.9. The highest BCUT2D eigenvalue weighted by atomic mass is 16.2. The SMILES string of the molecule is CCNC(=O)c1ccc(N)c(N2CCNC(=O)CC2)c1. The third-order valence-corrected chi connectivity index (χ3v) is 3.28. The van der Waals surface area contributed by atoms with E-state index in [4.69, 9.17) is 5.73 Å². The van der Waals surface area contributed by atoms with Gasteiger partial charge in [0.05, 0.1) is 11.4 Å². The number of nitrogens with zero attached hydrogens (tertiary/aromatic N) is 1. The van der Waals surface area contributed by atoms with E-state index in [1.165, 1.54) is 0 Å². The van der Waals surface area contributed by atoms with Crippen molar-refractivity contribution in [3.8, 4) is 0 Å². The fourth-order valence-corrected chi connectivity index (χ4v) is 2.23. The fourth-order valence-electron chi connectivity index (χ4n) is 2.23. The molecule has 108 valence electrons. The number of hydrogen-bond acceptors (Lipinski definition) is 4. The number of carbonyl (C=O) groups is 2. The molecular formula is C14H20N4O2. The number of hydrogen-bond donors (Lipinski definition) is 3. The van der Waals surface area contributed by atoms with E-state index >= 15 is 0 Å². The van der Waals surface area contributed by atoms with Gasteiger partial charge in [-0.25, -0.2) is 0 Å². The Labute approximate surface area is 118 Å². The molecule has 2 amide bonds. The number of benzene rings is 1. The Hall–Kier alpha value is -2.24. The van der Waals surface area contributed by atoms with Gasteiger partial charge < -0.3 is 21.3 Å². The minimum Gasteiger partial charge on any atom is -0.397 e. The Bertz CT molecular complexity index is 516. The Balaban J connectivity index is 2.23. The molecule has 6 nitrogen and oxygen atoms in total. The molecule has 0 unspecified atom stereocenters. The van der Waals surface area contributed by atoms with Gasteiger partial charge in [-0.15, -0.1) is 0 Å². The lowest BCUT2D eigenvalue weighted by molar-refractivity contribution is -0.120. The lowest BCUT2D eigenvalue weighted by Crippen LogP contribution is -2.29. The van der Waals surface area contributed by atoms with Crippen molar-refractivity contribution >= 4 is 23.2 Å². The van der Waals surface area contributed by atoms with Gasteiger partial charge in [-0.2, -0.15) is 0 Å². The van der Waals surface area contributed by atoms with Crippen LogP contribution in [-0.2, 0) is 4.79 Å². The van der Waals surface area contributed by atoms with Crippen LogP contribution in [0.2, 0.25) is 0 Å². The fraction of sp³-hybridized carbons (Fsp3) is 0.429. The van der Waals surface area contributed by atoms with E-state index in [-0.39, 0.29) is 11.8 Å². The van der Waals surface area contributed by atoms with Gasteiger partial charge >= 0.3 is 0 Å². The van der Waals surface area contributed by atoms with Gasteiger partial charge in [0, 0.05) is 38.2 Å². The Morgan fingerprint density at radius 3 is 3.00 bits per heavy atom. The van der Waals surface area contributed by atoms with E-state index in [9.17, 15) is 9.59 Å². The summed E-state index contributed by atoms with van der Waals surface area (Å²) < 4.78 is 0. The summed E-state index contributed by atoms with van der Waals surface area (Å²) in [7, 11) is 0. The van der Waals surface area contributed by atoms with E-state index in [0.717, 1.165) is 5.69 Å². The summed E-state index contributed by atoms with van der Waals surface area (Å²) in [6, 6.07) is 5.24. The van der Waals surface area contributed by atoms with Crippen LogP contribution in [0.1, 0.15) is 23.7 Å². The monoisotopic (exact) mass is 276 g/mol. The third kappa shape index (κ3) is 3.20. The van der Waals surface area contributed by atoms with Crippen LogP contribution >= 0.6 is 0 Å². The molecule has 1 heterocycles. The molecule has 0 radical (unpaired) electrons. The average Bonchev–Trinajstić information content (AvgIpc) is 2.64. The van der Waals surface area contributed by atoms with E-state index < -0.39 is 0 Å². The molecule has 0 bridgehead atoms. The molecule has 1 aromatic rings. The highest BCUT2D eigenvalue weighted by molar-refractivity contribution is 5.96. The molecule has 1 aliphatic rings. The Kier molecular flexibility index (Phi) is 4.45. The van der Waals surface area contributed by atoms with Crippen LogP contribution in [-0.4, -0.2) is 38.0 Å². The van der Waals surface area contributed by atoms with Crippen LogP contribution in [0.15, 0.2) is 18.2 Å². The van der Waals surface area contributed by atoms with Gasteiger partial charge in [0.15, 0.2) is 0 Å². The zero-order chi connectivity index (χ0) is 14.5. The topological polar surface area (TPSA) is 87.5 Å². The number of anilines is 2. The number of nitrogens with one attached hydrogen (secondary N) is 2. The zero-order valence-corrected chi connectivity index (χ0v) is 11.6. The minimum absolute atomic E-state index is 0.0472. The second kappa shape index (κ2) is 6.27. The molecule has 1 fully saturated rings. The summed E-state index contributed by atoms with van der Waals surface area (Å²) in [6.45, 7) is 4.34. The number of nitrogens with two attached hydrogens (primary N) is 1. The van der Waals surface area contributed by atoms with Gasteiger partial charge in [0.2, 0.25) is 5.91 Å². The number of carbonyl (C=O) groups excluding carboxylic acids is 2. The standard InChI is InChI=1S/C14H20N4O2/c1-2-16-14(20)10-3-4-11(15)12(9-10)18-7-5-13(19)17-6-8-18/h3-4,9H,2,5-8,15H2,1H3,(H,16,20)(H,17,19). The highest BCUT2D eigenvalue weighted by Crippen LogP contribution is 2.25. The van der Waals surface area contributed by atoms with Crippen LogP contribution in [0.5, 0.6) is 0 Å². The van der Waals surface area contributed by atoms with Crippen molar-refractivity contribution < 1.29 is 9.59 Å². The maximum atomic E-state index is 11.9. The van der Waals surface area contributed by atoms with E-state index in [1.54, 1.807) is 18.2 Å². The first-order valence-electron chi connectivity index (χ1n) is 6.81. The van der Waals surface area contributed by atoms with Gasteiger partial charge in [0.25, 0.3) is 5.91 Å². The van der Waals surface area contributed by atoms with Crippen molar-refractivity contribution in [2.45, 2.75) is 13.3 Å². The number of amides is 2. The summed E-state index contributed by atoms with van der Waals surface area (Å²) in [6.07, 6.45) is 0.435. The van der Waals surface area contributed by atoms with Crippen molar-refractivity contribution in [3.05, 3.63) is 23.8 Å². The molecule has 0 aromatic heterocycles. The van der Waals surface area contributed by atoms with Gasteiger partial charge in [-0.3, -0.25) is 9.59 Å². The molecule has 1 aromatic carbocycles. The quantitative estimate of drug-likeness (QED) is 0.695. The first-order chi connectivity index (χ1) is 9.61. The molecule has 1 saturated heterocycles. The molecule has 1 aliphatic heterocycles. The molecular weight excluding hydrogens is 256 g/mol. The second-order valence-electron chi connectivity index (χ2n) is 4.72. The smallest absolute Gasteiger partial charge is 0.251 e. The van der Waals surface area contributed by atoms with Gasteiger partial charge in [-0.1, -0.05) is 0 Å². The predicted octanol–water partition coefficient (Wildman–Crippen LogP) is 0.345. The second-order valence-corrected chi connectivity index (χ2v) is 4.72. The largest absolute Gasteiger partial charge is 0.397 e.